The molecule has 0 aromatic heterocycles. The van der Waals surface area contributed by atoms with Crippen molar-refractivity contribution < 1.29 is 5.11 Å². The Hall–Kier alpha value is -1.84. The van der Waals surface area contributed by atoms with E-state index in [2.05, 4.69) is 5.32 Å². The van der Waals surface area contributed by atoms with Gasteiger partial charge in [0.15, 0.2) is 5.75 Å². The second-order valence-electron chi connectivity index (χ2n) is 3.28. The van der Waals surface area contributed by atoms with Crippen LogP contribution in [0.1, 0.15) is 12.5 Å². The lowest BCUT2D eigenvalue weighted by molar-refractivity contribution is 0.460. The van der Waals surface area contributed by atoms with E-state index >= 15 is 0 Å². The second-order valence-corrected chi connectivity index (χ2v) is 3.28. The summed E-state index contributed by atoms with van der Waals surface area (Å²) in [7, 11) is 0. The number of hydrogen-bond donors (Lipinski definition) is 2. The zero-order chi connectivity index (χ0) is 10.3. The van der Waals surface area contributed by atoms with Gasteiger partial charge in [0, 0.05) is 12.2 Å². The molecule has 0 fully saturated rings. The van der Waals surface area contributed by atoms with Crippen LogP contribution < -0.4 is 16.2 Å². The zero-order valence-electron chi connectivity index (χ0n) is 7.63. The predicted molar refractivity (Wildman–Crippen MR) is 52.8 cm³/mol. The first-order valence-corrected chi connectivity index (χ1v) is 4.25. The maximum Gasteiger partial charge on any atom is 0.268 e. The van der Waals surface area contributed by atoms with Crippen LogP contribution in [0.3, 0.4) is 0 Å². The summed E-state index contributed by atoms with van der Waals surface area (Å²) in [6.45, 7) is 2.37. The Labute approximate surface area is 79.9 Å². The molecule has 0 saturated heterocycles. The Kier molecular flexibility index (Phi) is 1.77. The molecule has 0 aliphatic carbocycles. The van der Waals surface area contributed by atoms with E-state index in [4.69, 9.17) is 0 Å². The summed E-state index contributed by atoms with van der Waals surface area (Å²) in [6.07, 6.45) is 3.54. The Morgan fingerprint density at radius 1 is 1.29 bits per heavy atom. The molecule has 14 heavy (non-hydrogen) atoms. The standard InChI is InChI=1S/C10H9NO3/c1-5-2-3-6(4-11-5)7-8(12)10(14)9(7)13/h2-3,11-12H,4H2,1H3. The molecule has 0 atom stereocenters. The minimum Gasteiger partial charge on any atom is -0.503 e. The van der Waals surface area contributed by atoms with Crippen molar-refractivity contribution in [2.24, 2.45) is 0 Å². The average Bonchev–Trinajstić information content (AvgIpc) is 2.21. The van der Waals surface area contributed by atoms with E-state index in [-0.39, 0.29) is 5.56 Å². The molecule has 1 aromatic rings. The van der Waals surface area contributed by atoms with Crippen LogP contribution in [-0.4, -0.2) is 11.7 Å². The van der Waals surface area contributed by atoms with Gasteiger partial charge in [0.25, 0.3) is 5.43 Å². The molecule has 0 unspecified atom stereocenters. The molecule has 1 aliphatic heterocycles. The Morgan fingerprint density at radius 3 is 2.50 bits per heavy atom. The highest BCUT2D eigenvalue weighted by molar-refractivity contribution is 5.76. The monoisotopic (exact) mass is 191 g/mol. The van der Waals surface area contributed by atoms with Crippen LogP contribution in [0.15, 0.2) is 27.4 Å². The number of nitrogens with one attached hydrogen (secondary N) is 1. The van der Waals surface area contributed by atoms with Gasteiger partial charge >= 0.3 is 0 Å². The van der Waals surface area contributed by atoms with Crippen LogP contribution in [0.5, 0.6) is 5.75 Å². The minimum absolute atomic E-state index is 0.159. The van der Waals surface area contributed by atoms with E-state index in [1.54, 1.807) is 12.2 Å². The normalized spacial score (nSPS) is 16.1. The molecular formula is C10H9NO3. The number of rotatable bonds is 1. The highest BCUT2D eigenvalue weighted by Gasteiger charge is 2.23. The van der Waals surface area contributed by atoms with Crippen molar-refractivity contribution in [2.45, 2.75) is 6.92 Å². The topological polar surface area (TPSA) is 66.4 Å². The van der Waals surface area contributed by atoms with Gasteiger partial charge in [-0.05, 0) is 18.6 Å². The van der Waals surface area contributed by atoms with Crippen LogP contribution in [0, 0.1) is 0 Å². The summed E-state index contributed by atoms with van der Waals surface area (Å²) < 4.78 is 0. The lowest BCUT2D eigenvalue weighted by atomic mass is 9.98. The highest BCUT2D eigenvalue weighted by atomic mass is 16.3. The number of dihydropyridines is 1. The second kappa shape index (κ2) is 2.83. The summed E-state index contributed by atoms with van der Waals surface area (Å²) in [5, 5.41) is 12.2. The summed E-state index contributed by atoms with van der Waals surface area (Å²) in [4.78, 5) is 21.9. The third-order valence-corrected chi connectivity index (χ3v) is 2.30. The fourth-order valence-corrected chi connectivity index (χ4v) is 1.43. The smallest absolute Gasteiger partial charge is 0.268 e. The molecule has 1 aromatic carbocycles. The van der Waals surface area contributed by atoms with Crippen molar-refractivity contribution in [2.75, 3.05) is 6.54 Å². The molecule has 0 radical (unpaired) electrons. The van der Waals surface area contributed by atoms with Gasteiger partial charge in [-0.25, -0.2) is 0 Å². The van der Waals surface area contributed by atoms with Crippen LogP contribution in [0.2, 0.25) is 0 Å². The van der Waals surface area contributed by atoms with Gasteiger partial charge in [0.05, 0.1) is 5.56 Å². The van der Waals surface area contributed by atoms with Gasteiger partial charge in [-0.3, -0.25) is 9.59 Å². The maximum atomic E-state index is 11.1. The van der Waals surface area contributed by atoms with E-state index in [0.29, 0.717) is 12.1 Å². The summed E-state index contributed by atoms with van der Waals surface area (Å²) in [6, 6.07) is 0. The fraction of sp³-hybridized carbons (Fsp3) is 0.200. The van der Waals surface area contributed by atoms with E-state index in [9.17, 15) is 14.7 Å². The van der Waals surface area contributed by atoms with Crippen LogP contribution >= 0.6 is 0 Å². The molecule has 1 heterocycles. The third-order valence-electron chi connectivity index (χ3n) is 2.30. The molecule has 0 bridgehead atoms. The third kappa shape index (κ3) is 1.08. The van der Waals surface area contributed by atoms with Crippen LogP contribution in [-0.2, 0) is 0 Å². The molecule has 2 rings (SSSR count). The average molecular weight is 191 g/mol. The van der Waals surface area contributed by atoms with Crippen molar-refractivity contribution in [3.63, 3.8) is 0 Å². The van der Waals surface area contributed by atoms with Crippen molar-refractivity contribution in [1.29, 1.82) is 0 Å². The number of aromatic hydroxyl groups is 1. The predicted octanol–water partition coefficient (Wildman–Crippen LogP) is -0.121. The molecular weight excluding hydrogens is 182 g/mol. The zero-order valence-corrected chi connectivity index (χ0v) is 7.63. The van der Waals surface area contributed by atoms with Crippen molar-refractivity contribution in [3.05, 3.63) is 43.9 Å². The number of allylic oxidation sites excluding steroid dienone is 3. The first-order chi connectivity index (χ1) is 6.61. The first kappa shape index (κ1) is 8.74. The Bertz CT molecular complexity index is 516. The Balaban J connectivity index is 2.44. The van der Waals surface area contributed by atoms with Gasteiger partial charge < -0.3 is 10.4 Å². The molecule has 1 aliphatic rings. The first-order valence-electron chi connectivity index (χ1n) is 4.25. The van der Waals surface area contributed by atoms with Gasteiger partial charge in [-0.2, -0.15) is 0 Å². The van der Waals surface area contributed by atoms with E-state index in [1.165, 1.54) is 0 Å². The van der Waals surface area contributed by atoms with E-state index < -0.39 is 16.6 Å². The molecule has 4 heteroatoms. The van der Waals surface area contributed by atoms with E-state index in [1.807, 2.05) is 6.92 Å². The Morgan fingerprint density at radius 2 is 2.00 bits per heavy atom. The molecule has 4 nitrogen and oxygen atoms in total. The van der Waals surface area contributed by atoms with Crippen molar-refractivity contribution in [3.8, 4) is 5.75 Å². The molecule has 72 valence electrons. The lowest BCUT2D eigenvalue weighted by Gasteiger charge is -2.15. The highest BCUT2D eigenvalue weighted by Crippen LogP contribution is 2.21. The molecule has 0 spiro atoms. The fourth-order valence-electron chi connectivity index (χ4n) is 1.43. The summed E-state index contributed by atoms with van der Waals surface area (Å²) >= 11 is 0. The molecule has 0 amide bonds. The van der Waals surface area contributed by atoms with Crippen LogP contribution in [0.4, 0.5) is 0 Å². The SMILES string of the molecule is CC1=CC=C(c2c(O)c(=O)c2=O)CN1. The van der Waals surface area contributed by atoms with Gasteiger partial charge in [0.1, 0.15) is 0 Å². The van der Waals surface area contributed by atoms with Gasteiger partial charge in [-0.1, -0.05) is 6.08 Å². The summed E-state index contributed by atoms with van der Waals surface area (Å²) in [5.41, 5.74) is 0.437. The van der Waals surface area contributed by atoms with Crippen LogP contribution in [0.25, 0.3) is 5.57 Å². The van der Waals surface area contributed by atoms with Crippen molar-refractivity contribution in [1.82, 2.24) is 5.32 Å². The number of hydrogen-bond acceptors (Lipinski definition) is 4. The van der Waals surface area contributed by atoms with Gasteiger partial charge in [-0.15, -0.1) is 0 Å². The molecule has 2 N–H and O–H groups in total. The van der Waals surface area contributed by atoms with Crippen molar-refractivity contribution >= 4 is 5.57 Å². The molecule has 0 saturated carbocycles. The maximum absolute atomic E-state index is 11.1. The van der Waals surface area contributed by atoms with Gasteiger partial charge in [0.2, 0.25) is 5.43 Å². The summed E-state index contributed by atoms with van der Waals surface area (Å²) in [5.74, 6) is -0.406. The quantitative estimate of drug-likeness (QED) is 0.607. The largest absolute Gasteiger partial charge is 0.503 e. The van der Waals surface area contributed by atoms with E-state index in [0.717, 1.165) is 5.70 Å². The lowest BCUT2D eigenvalue weighted by Crippen LogP contribution is -2.35. The minimum atomic E-state index is -0.785.